The minimum absolute atomic E-state index is 0.100. The molecule has 0 saturated carbocycles. The Morgan fingerprint density at radius 3 is 2.48 bits per heavy atom. The highest BCUT2D eigenvalue weighted by molar-refractivity contribution is 7.80. The van der Waals surface area contributed by atoms with Crippen LogP contribution in [0.5, 0.6) is 5.75 Å². The summed E-state index contributed by atoms with van der Waals surface area (Å²) < 4.78 is 18.2. The molecule has 1 N–H and O–H groups in total. The predicted octanol–water partition coefficient (Wildman–Crippen LogP) is 3.35. The van der Waals surface area contributed by atoms with E-state index in [0.717, 1.165) is 0 Å². The molecule has 6 nitrogen and oxygen atoms in total. The summed E-state index contributed by atoms with van der Waals surface area (Å²) in [5.74, 6) is -0.407. The molecule has 29 heavy (non-hydrogen) atoms. The molecule has 150 valence electrons. The molecule has 1 heterocycles. The van der Waals surface area contributed by atoms with E-state index in [1.165, 1.54) is 29.2 Å². The largest absolute Gasteiger partial charge is 0.497 e. The van der Waals surface area contributed by atoms with Crippen LogP contribution < -0.4 is 15.0 Å². The van der Waals surface area contributed by atoms with E-state index in [1.54, 1.807) is 42.4 Å². The van der Waals surface area contributed by atoms with Crippen LogP contribution in [0.3, 0.4) is 0 Å². The van der Waals surface area contributed by atoms with Crippen molar-refractivity contribution < 1.29 is 18.7 Å². The number of nitrogens with one attached hydrogen (secondary N) is 1. The summed E-state index contributed by atoms with van der Waals surface area (Å²) in [5.41, 5.74) is 1.04. The van der Waals surface area contributed by atoms with Gasteiger partial charge in [-0.15, -0.1) is 6.58 Å². The van der Waals surface area contributed by atoms with Gasteiger partial charge >= 0.3 is 0 Å². The molecule has 3 rings (SSSR count). The first-order valence-corrected chi connectivity index (χ1v) is 9.30. The first kappa shape index (κ1) is 20.5. The topological polar surface area (TPSA) is 61.9 Å². The van der Waals surface area contributed by atoms with Crippen LogP contribution in [0.2, 0.25) is 0 Å². The molecule has 1 aliphatic rings. The van der Waals surface area contributed by atoms with Crippen LogP contribution in [-0.4, -0.2) is 41.5 Å². The third-order valence-corrected chi connectivity index (χ3v) is 4.90. The van der Waals surface area contributed by atoms with Gasteiger partial charge < -0.3 is 15.0 Å². The molecule has 1 saturated heterocycles. The molecular weight excluding hydrogens is 393 g/mol. The lowest BCUT2D eigenvalue weighted by Gasteiger charge is -2.22. The second kappa shape index (κ2) is 8.83. The number of anilines is 2. The molecular formula is C21H20FN3O3S. The zero-order valence-electron chi connectivity index (χ0n) is 15.8. The van der Waals surface area contributed by atoms with Crippen molar-refractivity contribution in [2.24, 2.45) is 0 Å². The van der Waals surface area contributed by atoms with Crippen molar-refractivity contribution in [3.05, 3.63) is 67.0 Å². The molecule has 1 fully saturated rings. The molecule has 0 bridgehead atoms. The molecule has 0 spiro atoms. The van der Waals surface area contributed by atoms with Gasteiger partial charge in [-0.05, 0) is 60.7 Å². The lowest BCUT2D eigenvalue weighted by molar-refractivity contribution is -0.124. The Balaban J connectivity index is 1.79. The van der Waals surface area contributed by atoms with Gasteiger partial charge in [0.15, 0.2) is 5.11 Å². The number of hydrogen-bond donors (Lipinski definition) is 1. The van der Waals surface area contributed by atoms with E-state index in [0.29, 0.717) is 28.8 Å². The van der Waals surface area contributed by atoms with Crippen molar-refractivity contribution in [2.45, 2.75) is 12.5 Å². The average Bonchev–Trinajstić information content (AvgIpc) is 2.94. The normalized spacial score (nSPS) is 16.1. The second-order valence-electron chi connectivity index (χ2n) is 6.37. The van der Waals surface area contributed by atoms with E-state index in [2.05, 4.69) is 11.9 Å². The van der Waals surface area contributed by atoms with E-state index >= 15 is 0 Å². The Kier molecular flexibility index (Phi) is 6.23. The van der Waals surface area contributed by atoms with Gasteiger partial charge in [0.05, 0.1) is 19.2 Å². The molecule has 8 heteroatoms. The molecule has 1 aliphatic heterocycles. The van der Waals surface area contributed by atoms with E-state index < -0.39 is 11.9 Å². The fourth-order valence-corrected chi connectivity index (χ4v) is 3.47. The van der Waals surface area contributed by atoms with Gasteiger partial charge in [0, 0.05) is 12.2 Å². The summed E-state index contributed by atoms with van der Waals surface area (Å²) >= 11 is 5.50. The van der Waals surface area contributed by atoms with Crippen molar-refractivity contribution in [3.63, 3.8) is 0 Å². The first-order chi connectivity index (χ1) is 13.9. The minimum atomic E-state index is -0.761. The lowest BCUT2D eigenvalue weighted by atomic mass is 10.1. The van der Waals surface area contributed by atoms with Crippen LogP contribution in [0.4, 0.5) is 15.8 Å². The average molecular weight is 413 g/mol. The van der Waals surface area contributed by atoms with E-state index in [4.69, 9.17) is 17.0 Å². The maximum absolute atomic E-state index is 13.1. The molecule has 0 aromatic heterocycles. The van der Waals surface area contributed by atoms with Gasteiger partial charge in [0.1, 0.15) is 17.6 Å². The maximum Gasteiger partial charge on any atom is 0.256 e. The Labute approximate surface area is 173 Å². The highest BCUT2D eigenvalue weighted by atomic mass is 32.1. The Hall–Kier alpha value is -3.26. The number of methoxy groups -OCH3 is 1. The van der Waals surface area contributed by atoms with Crippen molar-refractivity contribution in [1.82, 2.24) is 4.90 Å². The van der Waals surface area contributed by atoms with E-state index in [1.807, 2.05) is 0 Å². The summed E-state index contributed by atoms with van der Waals surface area (Å²) in [5, 5.41) is 2.98. The van der Waals surface area contributed by atoms with Gasteiger partial charge in [-0.1, -0.05) is 6.08 Å². The zero-order valence-corrected chi connectivity index (χ0v) is 16.6. The zero-order chi connectivity index (χ0) is 21.0. The number of amides is 2. The maximum atomic E-state index is 13.1. The minimum Gasteiger partial charge on any atom is -0.497 e. The fraction of sp³-hybridized carbons (Fsp3) is 0.190. The second-order valence-corrected chi connectivity index (χ2v) is 6.74. The van der Waals surface area contributed by atoms with Gasteiger partial charge in [0.2, 0.25) is 5.91 Å². The molecule has 2 amide bonds. The van der Waals surface area contributed by atoms with Crippen LogP contribution in [0.1, 0.15) is 6.42 Å². The number of thiocarbonyl (C=S) groups is 1. The summed E-state index contributed by atoms with van der Waals surface area (Å²) in [6, 6.07) is 11.6. The number of carbonyl (C=O) groups is 2. The number of ether oxygens (including phenoxy) is 1. The number of halogens is 1. The number of nitrogens with zero attached hydrogens (tertiary/aromatic N) is 2. The lowest BCUT2D eigenvalue weighted by Crippen LogP contribution is -2.37. The van der Waals surface area contributed by atoms with Gasteiger partial charge in [-0.25, -0.2) is 4.39 Å². The van der Waals surface area contributed by atoms with Crippen LogP contribution in [0, 0.1) is 5.82 Å². The highest BCUT2D eigenvalue weighted by Crippen LogP contribution is 2.28. The predicted molar refractivity (Wildman–Crippen MR) is 113 cm³/mol. The monoisotopic (exact) mass is 413 g/mol. The molecule has 0 radical (unpaired) electrons. The van der Waals surface area contributed by atoms with E-state index in [-0.39, 0.29) is 18.2 Å². The van der Waals surface area contributed by atoms with Crippen LogP contribution in [0.25, 0.3) is 0 Å². The number of hydrogen-bond acceptors (Lipinski definition) is 4. The fourth-order valence-electron chi connectivity index (χ4n) is 3.07. The van der Waals surface area contributed by atoms with Crippen LogP contribution >= 0.6 is 12.2 Å². The molecule has 2 aromatic carbocycles. The van der Waals surface area contributed by atoms with Crippen molar-refractivity contribution in [3.8, 4) is 5.75 Å². The van der Waals surface area contributed by atoms with Gasteiger partial charge in [-0.2, -0.15) is 0 Å². The summed E-state index contributed by atoms with van der Waals surface area (Å²) in [6.07, 6.45) is 1.53. The standard InChI is InChI=1S/C21H20FN3O3S/c1-3-12-24-18(13-19(26)23-15-6-4-14(22)5-7-15)20(27)25(21(24)29)16-8-10-17(28-2)11-9-16/h3-11,18H,1,12-13H2,2H3,(H,23,26)/t18-/m0/s1. The van der Waals surface area contributed by atoms with Gasteiger partial charge in [0.25, 0.3) is 5.91 Å². The highest BCUT2D eigenvalue weighted by Gasteiger charge is 2.43. The number of benzene rings is 2. The molecule has 1 atom stereocenters. The van der Waals surface area contributed by atoms with Gasteiger partial charge in [-0.3, -0.25) is 14.5 Å². The summed E-state index contributed by atoms with van der Waals surface area (Å²) in [7, 11) is 1.56. The van der Waals surface area contributed by atoms with E-state index in [9.17, 15) is 14.0 Å². The van der Waals surface area contributed by atoms with Crippen molar-refractivity contribution >= 4 is 40.5 Å². The third-order valence-electron chi connectivity index (χ3n) is 4.48. The Morgan fingerprint density at radius 1 is 1.24 bits per heavy atom. The molecule has 0 aliphatic carbocycles. The van der Waals surface area contributed by atoms with Crippen molar-refractivity contribution in [1.29, 1.82) is 0 Å². The number of carbonyl (C=O) groups excluding carboxylic acids is 2. The quantitative estimate of drug-likeness (QED) is 0.557. The number of rotatable bonds is 7. The Bertz CT molecular complexity index is 931. The first-order valence-electron chi connectivity index (χ1n) is 8.89. The van der Waals surface area contributed by atoms with Crippen LogP contribution in [-0.2, 0) is 9.59 Å². The summed E-state index contributed by atoms with van der Waals surface area (Å²) in [4.78, 5) is 28.7. The summed E-state index contributed by atoms with van der Waals surface area (Å²) in [6.45, 7) is 4.04. The van der Waals surface area contributed by atoms with Crippen molar-refractivity contribution in [2.75, 3.05) is 23.9 Å². The third kappa shape index (κ3) is 4.43. The molecule has 2 aromatic rings. The smallest absolute Gasteiger partial charge is 0.256 e. The SMILES string of the molecule is C=CCN1C(=S)N(c2ccc(OC)cc2)C(=O)[C@@H]1CC(=O)Nc1ccc(F)cc1. The van der Waals surface area contributed by atoms with Crippen LogP contribution in [0.15, 0.2) is 61.2 Å². The Morgan fingerprint density at radius 2 is 1.90 bits per heavy atom. The molecule has 0 unspecified atom stereocenters.